The predicted molar refractivity (Wildman–Crippen MR) is 268 cm³/mol. The first-order valence-corrected chi connectivity index (χ1v) is 22.0. The summed E-state index contributed by atoms with van der Waals surface area (Å²) in [5, 5.41) is 1.12. The second kappa shape index (κ2) is 21.0. The summed E-state index contributed by atoms with van der Waals surface area (Å²) >= 11 is 0. The SMILES string of the molecule is CCC(C)c1ccccc1/C=C(\C)c1cc(-c2ccc(C)cc2)cc(-c2cc3ccccc3o2)c1.CCc1ccc(-c2ccccc2)cc1.Cc1ccc(-c2ccccc2)cc1. The molecule has 0 radical (unpaired) electrons. The number of hydrogen-bond donors (Lipinski definition) is 0. The van der Waals surface area contributed by atoms with Crippen molar-refractivity contribution in [3.63, 3.8) is 0 Å². The van der Waals surface area contributed by atoms with Crippen molar-refractivity contribution in [1.82, 2.24) is 0 Å². The second-order valence-electron chi connectivity index (χ2n) is 16.2. The van der Waals surface area contributed by atoms with Gasteiger partial charge < -0.3 is 4.42 Å². The summed E-state index contributed by atoms with van der Waals surface area (Å²) in [6, 6.07) is 72.9. The van der Waals surface area contributed by atoms with Crippen LogP contribution in [0.1, 0.15) is 73.4 Å². The molecular weight excluding hydrogens is 749 g/mol. The van der Waals surface area contributed by atoms with E-state index in [9.17, 15) is 0 Å². The van der Waals surface area contributed by atoms with Gasteiger partial charge in [0.2, 0.25) is 0 Å². The Hall–Kier alpha value is -6.96. The first-order valence-electron chi connectivity index (χ1n) is 22.0. The lowest BCUT2D eigenvalue weighted by atomic mass is 9.91. The summed E-state index contributed by atoms with van der Waals surface area (Å²) in [6.07, 6.45) is 4.57. The van der Waals surface area contributed by atoms with Crippen LogP contribution in [0.2, 0.25) is 0 Å². The molecule has 0 amide bonds. The highest BCUT2D eigenvalue weighted by molar-refractivity contribution is 5.88. The highest BCUT2D eigenvalue weighted by Gasteiger charge is 2.13. The maximum atomic E-state index is 6.26. The van der Waals surface area contributed by atoms with Gasteiger partial charge in [-0.1, -0.05) is 214 Å². The van der Waals surface area contributed by atoms with E-state index >= 15 is 0 Å². The van der Waals surface area contributed by atoms with E-state index in [1.165, 1.54) is 72.3 Å². The maximum Gasteiger partial charge on any atom is 0.135 e. The van der Waals surface area contributed by atoms with Crippen LogP contribution in [0.5, 0.6) is 0 Å². The minimum atomic E-state index is 0.528. The van der Waals surface area contributed by atoms with Gasteiger partial charge in [-0.3, -0.25) is 0 Å². The Morgan fingerprint density at radius 1 is 0.484 bits per heavy atom. The largest absolute Gasteiger partial charge is 0.456 e. The first kappa shape index (κ1) is 43.1. The summed E-state index contributed by atoms with van der Waals surface area (Å²) in [7, 11) is 0. The number of fused-ring (bicyclic) bond motifs is 1. The molecular formula is C61H58O. The fraction of sp³-hybridized carbons (Fsp3) is 0.148. The molecule has 0 saturated carbocycles. The average molecular weight is 807 g/mol. The number of para-hydroxylation sites is 1. The third-order valence-electron chi connectivity index (χ3n) is 11.6. The molecule has 0 N–H and O–H groups in total. The molecule has 62 heavy (non-hydrogen) atoms. The highest BCUT2D eigenvalue weighted by atomic mass is 16.3. The monoisotopic (exact) mass is 806 g/mol. The van der Waals surface area contributed by atoms with Crippen molar-refractivity contribution in [2.45, 2.75) is 60.3 Å². The van der Waals surface area contributed by atoms with Crippen LogP contribution in [0, 0.1) is 13.8 Å². The van der Waals surface area contributed by atoms with Gasteiger partial charge in [0, 0.05) is 10.9 Å². The Kier molecular flexibility index (Phi) is 14.6. The standard InChI is InChI=1S/C34H32O.C14H14.C13H12/c1-5-24(3)32-12-8-6-10-27(32)18-25(4)29-19-30(26-16-14-23(2)15-17-26)21-31(20-29)34-22-28-11-7-9-13-33(28)35-34;1-2-12-8-10-14(11-9-12)13-6-4-3-5-7-13;1-11-7-9-13(10-8-11)12-5-3-2-4-6-12/h6-22,24H,5H2,1-4H3;3-11H,2H2,1H3;2-10H,1H3/b25-18+;;. The van der Waals surface area contributed by atoms with Gasteiger partial charge in [0.1, 0.15) is 11.3 Å². The molecule has 1 heterocycles. The predicted octanol–water partition coefficient (Wildman–Crippen LogP) is 17.7. The summed E-state index contributed by atoms with van der Waals surface area (Å²) in [4.78, 5) is 0. The Morgan fingerprint density at radius 2 is 0.968 bits per heavy atom. The van der Waals surface area contributed by atoms with Gasteiger partial charge in [0.15, 0.2) is 0 Å². The third kappa shape index (κ3) is 11.2. The lowest BCUT2D eigenvalue weighted by Gasteiger charge is -2.14. The lowest BCUT2D eigenvalue weighted by molar-refractivity contribution is 0.631. The Labute approximate surface area is 370 Å². The van der Waals surface area contributed by atoms with E-state index in [2.05, 4.69) is 230 Å². The van der Waals surface area contributed by atoms with Crippen molar-refractivity contribution in [3.05, 3.63) is 240 Å². The number of allylic oxidation sites excluding steroid dienone is 1. The van der Waals surface area contributed by atoms with Gasteiger partial charge in [0.05, 0.1) is 0 Å². The molecule has 1 aromatic heterocycles. The van der Waals surface area contributed by atoms with Crippen LogP contribution in [0.15, 0.2) is 211 Å². The fourth-order valence-corrected chi connectivity index (χ4v) is 7.60. The molecule has 0 bridgehead atoms. The molecule has 1 unspecified atom stereocenters. The second-order valence-corrected chi connectivity index (χ2v) is 16.2. The molecule has 0 saturated heterocycles. The highest BCUT2D eigenvalue weighted by Crippen LogP contribution is 2.35. The third-order valence-corrected chi connectivity index (χ3v) is 11.6. The summed E-state index contributed by atoms with van der Waals surface area (Å²) < 4.78 is 6.26. The zero-order valence-corrected chi connectivity index (χ0v) is 37.1. The molecule has 0 aliphatic rings. The van der Waals surface area contributed by atoms with E-state index in [1.807, 2.05) is 24.3 Å². The van der Waals surface area contributed by atoms with Crippen LogP contribution in [0.4, 0.5) is 0 Å². The van der Waals surface area contributed by atoms with Crippen molar-refractivity contribution in [2.24, 2.45) is 0 Å². The summed E-state index contributed by atoms with van der Waals surface area (Å²) in [6.45, 7) is 13.2. The maximum absolute atomic E-state index is 6.26. The van der Waals surface area contributed by atoms with E-state index in [4.69, 9.17) is 4.42 Å². The van der Waals surface area contributed by atoms with Gasteiger partial charge in [-0.15, -0.1) is 0 Å². The molecule has 0 fully saturated rings. The quantitative estimate of drug-likeness (QED) is 0.132. The van der Waals surface area contributed by atoms with Gasteiger partial charge in [-0.05, 0) is 131 Å². The molecule has 9 rings (SSSR count). The number of aryl methyl sites for hydroxylation is 3. The van der Waals surface area contributed by atoms with Gasteiger partial charge in [-0.2, -0.15) is 0 Å². The Bertz CT molecular complexity index is 2770. The minimum Gasteiger partial charge on any atom is -0.456 e. The molecule has 1 heteroatoms. The summed E-state index contributed by atoms with van der Waals surface area (Å²) in [5.74, 6) is 1.43. The van der Waals surface area contributed by atoms with E-state index in [0.717, 1.165) is 35.1 Å². The number of rotatable bonds is 9. The topological polar surface area (TPSA) is 13.1 Å². The van der Waals surface area contributed by atoms with Crippen molar-refractivity contribution >= 4 is 22.6 Å². The van der Waals surface area contributed by atoms with Crippen molar-refractivity contribution in [1.29, 1.82) is 0 Å². The number of furan rings is 1. The fourth-order valence-electron chi connectivity index (χ4n) is 7.60. The molecule has 8 aromatic carbocycles. The van der Waals surface area contributed by atoms with Crippen LogP contribution in [-0.4, -0.2) is 0 Å². The van der Waals surface area contributed by atoms with Crippen molar-refractivity contribution < 1.29 is 4.42 Å². The van der Waals surface area contributed by atoms with Crippen LogP contribution in [0.3, 0.4) is 0 Å². The van der Waals surface area contributed by atoms with E-state index in [-0.39, 0.29) is 0 Å². The Balaban J connectivity index is 0.000000174. The van der Waals surface area contributed by atoms with Crippen LogP contribution in [0.25, 0.3) is 67.3 Å². The lowest BCUT2D eigenvalue weighted by Crippen LogP contribution is -1.95. The number of benzene rings is 8. The Morgan fingerprint density at radius 3 is 1.53 bits per heavy atom. The zero-order valence-electron chi connectivity index (χ0n) is 37.1. The van der Waals surface area contributed by atoms with Crippen molar-refractivity contribution in [3.8, 4) is 44.7 Å². The van der Waals surface area contributed by atoms with Gasteiger partial charge in [-0.25, -0.2) is 0 Å². The van der Waals surface area contributed by atoms with Crippen LogP contribution < -0.4 is 0 Å². The van der Waals surface area contributed by atoms with Crippen LogP contribution in [-0.2, 0) is 6.42 Å². The molecule has 1 atom stereocenters. The molecule has 308 valence electrons. The van der Waals surface area contributed by atoms with E-state index < -0.39 is 0 Å². The molecule has 1 nitrogen and oxygen atoms in total. The molecule has 0 aliphatic heterocycles. The van der Waals surface area contributed by atoms with Crippen LogP contribution >= 0.6 is 0 Å². The normalized spacial score (nSPS) is 11.5. The van der Waals surface area contributed by atoms with Crippen molar-refractivity contribution in [2.75, 3.05) is 0 Å². The smallest absolute Gasteiger partial charge is 0.135 e. The van der Waals surface area contributed by atoms with Gasteiger partial charge in [0.25, 0.3) is 0 Å². The van der Waals surface area contributed by atoms with E-state index in [1.54, 1.807) is 0 Å². The molecule has 9 aromatic rings. The first-order chi connectivity index (χ1) is 30.3. The summed E-state index contributed by atoms with van der Waals surface area (Å²) in [5.41, 5.74) is 18.7. The zero-order chi connectivity index (χ0) is 43.3. The number of hydrogen-bond acceptors (Lipinski definition) is 1. The van der Waals surface area contributed by atoms with E-state index in [0.29, 0.717) is 5.92 Å². The molecule has 0 spiro atoms. The van der Waals surface area contributed by atoms with Gasteiger partial charge >= 0.3 is 0 Å². The molecule has 0 aliphatic carbocycles. The minimum absolute atomic E-state index is 0.528. The average Bonchev–Trinajstić information content (AvgIpc) is 3.78.